The molecule has 0 aromatic carbocycles. The first-order chi connectivity index (χ1) is 7.25. The molecule has 1 aliphatic rings. The Balaban J connectivity index is 2.09. The molecule has 0 radical (unpaired) electrons. The van der Waals surface area contributed by atoms with Crippen LogP contribution in [-0.4, -0.2) is 29.3 Å². The van der Waals surface area contributed by atoms with Gasteiger partial charge in [-0.15, -0.1) is 0 Å². The number of hydrogen-bond donors (Lipinski definition) is 1. The Hall–Kier alpha value is -0.800. The van der Waals surface area contributed by atoms with Crippen LogP contribution in [0.4, 0.5) is 5.69 Å². The summed E-state index contributed by atoms with van der Waals surface area (Å²) in [5, 5.41) is 10.1. The van der Waals surface area contributed by atoms with Crippen LogP contribution in [0.2, 0.25) is 5.15 Å². The average Bonchev–Trinajstić information content (AvgIpc) is 2.43. The fourth-order valence-electron chi connectivity index (χ4n) is 1.93. The summed E-state index contributed by atoms with van der Waals surface area (Å²) in [5.74, 6) is 0. The van der Waals surface area contributed by atoms with Gasteiger partial charge in [0, 0.05) is 25.0 Å². The first-order valence-electron chi connectivity index (χ1n) is 5.30. The average molecular weight is 227 g/mol. The molecular weight excluding hydrogens is 212 g/mol. The Kier molecular flexibility index (Phi) is 3.44. The molecular formula is C11H15ClN2O. The lowest BCUT2D eigenvalue weighted by Gasteiger charge is -2.22. The summed E-state index contributed by atoms with van der Waals surface area (Å²) in [5.41, 5.74) is 1.10. The van der Waals surface area contributed by atoms with E-state index < -0.39 is 0 Å². The van der Waals surface area contributed by atoms with E-state index in [1.54, 1.807) is 6.20 Å². The van der Waals surface area contributed by atoms with Crippen LogP contribution >= 0.6 is 11.6 Å². The van der Waals surface area contributed by atoms with E-state index in [4.69, 9.17) is 11.6 Å². The van der Waals surface area contributed by atoms with E-state index in [1.807, 2.05) is 12.1 Å². The third-order valence-electron chi connectivity index (χ3n) is 2.77. The molecule has 0 saturated carbocycles. The van der Waals surface area contributed by atoms with Gasteiger partial charge in [0.2, 0.25) is 0 Å². The summed E-state index contributed by atoms with van der Waals surface area (Å²) >= 11 is 5.85. The summed E-state index contributed by atoms with van der Waals surface area (Å²) in [6.07, 6.45) is 4.34. The monoisotopic (exact) mass is 226 g/mol. The van der Waals surface area contributed by atoms with Gasteiger partial charge in [-0.1, -0.05) is 11.6 Å². The number of aromatic nitrogens is 1. The third-order valence-corrected chi connectivity index (χ3v) is 2.98. The first kappa shape index (κ1) is 10.7. The van der Waals surface area contributed by atoms with E-state index in [0.29, 0.717) is 5.15 Å². The van der Waals surface area contributed by atoms with Crippen molar-refractivity contribution < 1.29 is 5.11 Å². The van der Waals surface area contributed by atoms with Crippen molar-refractivity contribution in [3.63, 3.8) is 0 Å². The van der Waals surface area contributed by atoms with Crippen molar-refractivity contribution in [3.05, 3.63) is 23.5 Å². The van der Waals surface area contributed by atoms with Gasteiger partial charge in [-0.05, 0) is 31.4 Å². The van der Waals surface area contributed by atoms with Gasteiger partial charge >= 0.3 is 0 Å². The predicted octanol–water partition coefficient (Wildman–Crippen LogP) is 2.09. The maximum Gasteiger partial charge on any atom is 0.131 e. The van der Waals surface area contributed by atoms with E-state index in [0.717, 1.165) is 38.0 Å². The van der Waals surface area contributed by atoms with Crippen molar-refractivity contribution in [1.29, 1.82) is 0 Å². The molecule has 4 heteroatoms. The minimum absolute atomic E-state index is 0.146. The van der Waals surface area contributed by atoms with Gasteiger partial charge in [0.25, 0.3) is 0 Å². The van der Waals surface area contributed by atoms with Crippen molar-refractivity contribution in [3.8, 4) is 0 Å². The Labute approximate surface area is 94.7 Å². The highest BCUT2D eigenvalue weighted by molar-refractivity contribution is 6.29. The standard InChI is InChI=1S/C11H15ClN2O/c12-11-8-9(3-5-13-11)14-6-1-2-10(15)4-7-14/h3,5,8,10,15H,1-2,4,6-7H2. The smallest absolute Gasteiger partial charge is 0.131 e. The molecule has 0 aliphatic carbocycles. The summed E-state index contributed by atoms with van der Waals surface area (Å²) in [4.78, 5) is 6.22. The maximum absolute atomic E-state index is 9.54. The van der Waals surface area contributed by atoms with Gasteiger partial charge < -0.3 is 10.0 Å². The molecule has 1 aromatic heterocycles. The molecule has 1 saturated heterocycles. The van der Waals surface area contributed by atoms with Crippen LogP contribution < -0.4 is 4.90 Å². The SMILES string of the molecule is OC1CCCN(c2ccnc(Cl)c2)CC1. The molecule has 3 nitrogen and oxygen atoms in total. The van der Waals surface area contributed by atoms with Crippen LogP contribution in [-0.2, 0) is 0 Å². The number of aliphatic hydroxyl groups excluding tert-OH is 1. The van der Waals surface area contributed by atoms with Crippen LogP contribution in [0.1, 0.15) is 19.3 Å². The highest BCUT2D eigenvalue weighted by Gasteiger charge is 2.15. The fraction of sp³-hybridized carbons (Fsp3) is 0.545. The van der Waals surface area contributed by atoms with Gasteiger partial charge in [-0.2, -0.15) is 0 Å². The van der Waals surface area contributed by atoms with Crippen molar-refractivity contribution in [2.24, 2.45) is 0 Å². The number of halogens is 1. The van der Waals surface area contributed by atoms with Gasteiger partial charge in [0.1, 0.15) is 5.15 Å². The Morgan fingerprint density at radius 1 is 1.40 bits per heavy atom. The van der Waals surface area contributed by atoms with E-state index in [-0.39, 0.29) is 6.10 Å². The second-order valence-electron chi connectivity index (χ2n) is 3.91. The molecule has 0 bridgehead atoms. The van der Waals surface area contributed by atoms with Crippen LogP contribution in [0.25, 0.3) is 0 Å². The maximum atomic E-state index is 9.54. The first-order valence-corrected chi connectivity index (χ1v) is 5.68. The molecule has 2 heterocycles. The van der Waals surface area contributed by atoms with Crippen LogP contribution in [0.3, 0.4) is 0 Å². The fourth-order valence-corrected chi connectivity index (χ4v) is 2.09. The highest BCUT2D eigenvalue weighted by Crippen LogP contribution is 2.21. The quantitative estimate of drug-likeness (QED) is 0.745. The lowest BCUT2D eigenvalue weighted by Crippen LogP contribution is -2.24. The molecule has 15 heavy (non-hydrogen) atoms. The summed E-state index contributed by atoms with van der Waals surface area (Å²) in [6, 6.07) is 3.84. The molecule has 1 aliphatic heterocycles. The number of anilines is 1. The molecule has 1 fully saturated rings. The number of aliphatic hydroxyl groups is 1. The van der Waals surface area contributed by atoms with Gasteiger partial charge in [-0.3, -0.25) is 0 Å². The summed E-state index contributed by atoms with van der Waals surface area (Å²) < 4.78 is 0. The van der Waals surface area contributed by atoms with E-state index in [2.05, 4.69) is 9.88 Å². The summed E-state index contributed by atoms with van der Waals surface area (Å²) in [6.45, 7) is 1.87. The van der Waals surface area contributed by atoms with Crippen molar-refractivity contribution in [1.82, 2.24) is 4.98 Å². The Bertz CT molecular complexity index is 332. The van der Waals surface area contributed by atoms with Gasteiger partial charge in [-0.25, -0.2) is 4.98 Å². The molecule has 1 N–H and O–H groups in total. The van der Waals surface area contributed by atoms with Gasteiger partial charge in [0.15, 0.2) is 0 Å². The van der Waals surface area contributed by atoms with Crippen molar-refractivity contribution >= 4 is 17.3 Å². The largest absolute Gasteiger partial charge is 0.393 e. The molecule has 1 aromatic rings. The van der Waals surface area contributed by atoms with Crippen molar-refractivity contribution in [2.45, 2.75) is 25.4 Å². The minimum atomic E-state index is -0.146. The van der Waals surface area contributed by atoms with E-state index >= 15 is 0 Å². The number of rotatable bonds is 1. The Morgan fingerprint density at radius 2 is 2.27 bits per heavy atom. The normalized spacial score (nSPS) is 22.5. The zero-order chi connectivity index (χ0) is 10.7. The number of nitrogens with zero attached hydrogens (tertiary/aromatic N) is 2. The van der Waals surface area contributed by atoms with Crippen LogP contribution in [0.15, 0.2) is 18.3 Å². The Morgan fingerprint density at radius 3 is 3.07 bits per heavy atom. The van der Waals surface area contributed by atoms with Crippen LogP contribution in [0, 0.1) is 0 Å². The molecule has 0 spiro atoms. The molecule has 0 amide bonds. The zero-order valence-electron chi connectivity index (χ0n) is 8.56. The number of pyridine rings is 1. The minimum Gasteiger partial charge on any atom is -0.393 e. The molecule has 2 rings (SSSR count). The molecule has 1 atom stereocenters. The molecule has 82 valence electrons. The lowest BCUT2D eigenvalue weighted by atomic mass is 10.2. The number of hydrogen-bond acceptors (Lipinski definition) is 3. The van der Waals surface area contributed by atoms with Crippen LogP contribution in [0.5, 0.6) is 0 Å². The van der Waals surface area contributed by atoms with Gasteiger partial charge in [0.05, 0.1) is 6.10 Å². The highest BCUT2D eigenvalue weighted by atomic mass is 35.5. The second-order valence-corrected chi connectivity index (χ2v) is 4.30. The van der Waals surface area contributed by atoms with E-state index in [1.165, 1.54) is 0 Å². The molecule has 1 unspecified atom stereocenters. The second kappa shape index (κ2) is 4.81. The topological polar surface area (TPSA) is 36.4 Å². The van der Waals surface area contributed by atoms with E-state index in [9.17, 15) is 5.11 Å². The zero-order valence-corrected chi connectivity index (χ0v) is 9.32. The third kappa shape index (κ3) is 2.83. The predicted molar refractivity (Wildman–Crippen MR) is 61.3 cm³/mol. The summed E-state index contributed by atoms with van der Waals surface area (Å²) in [7, 11) is 0. The van der Waals surface area contributed by atoms with Crippen molar-refractivity contribution in [2.75, 3.05) is 18.0 Å². The lowest BCUT2D eigenvalue weighted by molar-refractivity contribution is 0.161.